The predicted molar refractivity (Wildman–Crippen MR) is 61.0 cm³/mol. The van der Waals surface area contributed by atoms with E-state index in [4.69, 9.17) is 5.26 Å². The molecule has 1 unspecified atom stereocenters. The molecule has 0 fully saturated rings. The summed E-state index contributed by atoms with van der Waals surface area (Å²) in [5, 5.41) is 12.3. The maximum Gasteiger partial charge on any atom is 0.0697 e. The van der Waals surface area contributed by atoms with Gasteiger partial charge in [0.25, 0.3) is 0 Å². The molecule has 2 heteroatoms. The fourth-order valence-corrected chi connectivity index (χ4v) is 1.34. The highest BCUT2D eigenvalue weighted by molar-refractivity contribution is 4.93. The van der Waals surface area contributed by atoms with Crippen LogP contribution in [0.2, 0.25) is 0 Å². The normalized spacial score (nSPS) is 13.6. The van der Waals surface area contributed by atoms with Crippen molar-refractivity contribution < 1.29 is 0 Å². The van der Waals surface area contributed by atoms with Crippen molar-refractivity contribution in [1.82, 2.24) is 5.32 Å². The molecule has 0 heterocycles. The molecule has 0 aliphatic rings. The molecule has 0 bridgehead atoms. The molecule has 0 aromatic carbocycles. The Balaban J connectivity index is 3.78. The summed E-state index contributed by atoms with van der Waals surface area (Å²) >= 11 is 0. The van der Waals surface area contributed by atoms with Crippen LogP contribution < -0.4 is 5.32 Å². The quantitative estimate of drug-likeness (QED) is 0.679. The van der Waals surface area contributed by atoms with Crippen molar-refractivity contribution in [2.45, 2.75) is 59.4 Å². The van der Waals surface area contributed by atoms with Gasteiger partial charge in [-0.15, -0.1) is 0 Å². The first-order chi connectivity index (χ1) is 6.55. The van der Waals surface area contributed by atoms with Gasteiger partial charge in [0.1, 0.15) is 0 Å². The molecule has 0 saturated heterocycles. The smallest absolute Gasteiger partial charge is 0.0697 e. The molecule has 1 atom stereocenters. The molecule has 0 aliphatic carbocycles. The molecule has 0 rings (SSSR count). The Labute approximate surface area is 88.7 Å². The summed E-state index contributed by atoms with van der Waals surface area (Å²) in [5.41, 5.74) is -0.236. The van der Waals surface area contributed by atoms with Crippen molar-refractivity contribution in [3.63, 3.8) is 0 Å². The first-order valence-electron chi connectivity index (χ1n) is 5.70. The lowest BCUT2D eigenvalue weighted by molar-refractivity contribution is 0.375. The molecule has 14 heavy (non-hydrogen) atoms. The molecule has 82 valence electrons. The van der Waals surface area contributed by atoms with E-state index in [1.165, 1.54) is 19.3 Å². The highest BCUT2D eigenvalue weighted by Gasteiger charge is 2.17. The van der Waals surface area contributed by atoms with Gasteiger partial charge < -0.3 is 5.32 Å². The maximum absolute atomic E-state index is 8.87. The second kappa shape index (κ2) is 6.84. The van der Waals surface area contributed by atoms with E-state index in [1.807, 2.05) is 13.8 Å². The van der Waals surface area contributed by atoms with Crippen LogP contribution in [0.5, 0.6) is 0 Å². The van der Waals surface area contributed by atoms with Crippen LogP contribution in [-0.2, 0) is 0 Å². The van der Waals surface area contributed by atoms with E-state index in [0.717, 1.165) is 13.0 Å². The van der Waals surface area contributed by atoms with Crippen molar-refractivity contribution in [3.05, 3.63) is 0 Å². The molecule has 0 spiro atoms. The Kier molecular flexibility index (Phi) is 6.57. The Morgan fingerprint density at radius 2 is 2.00 bits per heavy atom. The van der Waals surface area contributed by atoms with Crippen LogP contribution >= 0.6 is 0 Å². The fraction of sp³-hybridized carbons (Fsp3) is 0.917. The largest absolute Gasteiger partial charge is 0.312 e. The SMILES string of the molecule is CCCCC(CC)NCC(C)(C)C#N. The third-order valence-corrected chi connectivity index (χ3v) is 2.53. The van der Waals surface area contributed by atoms with Crippen molar-refractivity contribution >= 4 is 0 Å². The van der Waals surface area contributed by atoms with Gasteiger partial charge in [0.05, 0.1) is 11.5 Å². The summed E-state index contributed by atoms with van der Waals surface area (Å²) in [4.78, 5) is 0. The molecule has 1 N–H and O–H groups in total. The zero-order valence-corrected chi connectivity index (χ0v) is 10.1. The summed E-state index contributed by atoms with van der Waals surface area (Å²) in [6, 6.07) is 2.90. The van der Waals surface area contributed by atoms with Crippen LogP contribution in [0.15, 0.2) is 0 Å². The second-order valence-corrected chi connectivity index (χ2v) is 4.62. The standard InChI is InChI=1S/C12H24N2/c1-5-7-8-11(6-2)14-10-12(3,4)9-13/h11,14H,5-8,10H2,1-4H3. The third kappa shape index (κ3) is 5.99. The minimum atomic E-state index is -0.236. The van der Waals surface area contributed by atoms with Crippen molar-refractivity contribution in [3.8, 4) is 6.07 Å². The van der Waals surface area contributed by atoms with E-state index < -0.39 is 0 Å². The second-order valence-electron chi connectivity index (χ2n) is 4.62. The van der Waals surface area contributed by atoms with E-state index in [-0.39, 0.29) is 5.41 Å². The molecular formula is C12H24N2. The molecule has 0 aliphatic heterocycles. The number of nitrogens with zero attached hydrogens (tertiary/aromatic N) is 1. The van der Waals surface area contributed by atoms with Crippen LogP contribution in [0.4, 0.5) is 0 Å². The van der Waals surface area contributed by atoms with E-state index in [9.17, 15) is 0 Å². The fourth-order valence-electron chi connectivity index (χ4n) is 1.34. The Hall–Kier alpha value is -0.550. The number of hydrogen-bond donors (Lipinski definition) is 1. The van der Waals surface area contributed by atoms with Gasteiger partial charge in [-0.25, -0.2) is 0 Å². The van der Waals surface area contributed by atoms with Crippen LogP contribution in [0.1, 0.15) is 53.4 Å². The number of nitriles is 1. The average Bonchev–Trinajstić information content (AvgIpc) is 2.18. The van der Waals surface area contributed by atoms with Gasteiger partial charge in [-0.05, 0) is 26.7 Å². The highest BCUT2D eigenvalue weighted by atomic mass is 14.9. The monoisotopic (exact) mass is 196 g/mol. The van der Waals surface area contributed by atoms with Crippen LogP contribution in [0, 0.1) is 16.7 Å². The molecule has 0 aromatic heterocycles. The summed E-state index contributed by atoms with van der Waals surface area (Å²) in [7, 11) is 0. The van der Waals surface area contributed by atoms with Crippen molar-refractivity contribution in [1.29, 1.82) is 5.26 Å². The first-order valence-corrected chi connectivity index (χ1v) is 5.70. The zero-order chi connectivity index (χ0) is 11.0. The van der Waals surface area contributed by atoms with Gasteiger partial charge in [-0.3, -0.25) is 0 Å². The number of unbranched alkanes of at least 4 members (excludes halogenated alkanes) is 1. The molecule has 0 saturated carbocycles. The van der Waals surface area contributed by atoms with E-state index in [1.54, 1.807) is 0 Å². The lowest BCUT2D eigenvalue weighted by atomic mass is 9.95. The summed E-state index contributed by atoms with van der Waals surface area (Å²) in [5.74, 6) is 0. The Morgan fingerprint density at radius 3 is 2.43 bits per heavy atom. The highest BCUT2D eigenvalue weighted by Crippen LogP contribution is 2.12. The number of hydrogen-bond acceptors (Lipinski definition) is 2. The Bertz CT molecular complexity index is 179. The molecule has 0 aromatic rings. The van der Waals surface area contributed by atoms with Gasteiger partial charge in [-0.1, -0.05) is 26.7 Å². The molecule has 0 radical (unpaired) electrons. The van der Waals surface area contributed by atoms with E-state index >= 15 is 0 Å². The van der Waals surface area contributed by atoms with Crippen LogP contribution in [0.3, 0.4) is 0 Å². The van der Waals surface area contributed by atoms with Crippen LogP contribution in [0.25, 0.3) is 0 Å². The van der Waals surface area contributed by atoms with Gasteiger partial charge in [0.2, 0.25) is 0 Å². The first kappa shape index (κ1) is 13.4. The summed E-state index contributed by atoms with van der Waals surface area (Å²) in [6.45, 7) is 9.17. The average molecular weight is 196 g/mol. The maximum atomic E-state index is 8.87. The lowest BCUT2D eigenvalue weighted by Gasteiger charge is -2.22. The van der Waals surface area contributed by atoms with E-state index in [2.05, 4.69) is 25.2 Å². The van der Waals surface area contributed by atoms with Gasteiger partial charge in [-0.2, -0.15) is 5.26 Å². The predicted octanol–water partition coefficient (Wildman–Crippen LogP) is 3.09. The van der Waals surface area contributed by atoms with Crippen molar-refractivity contribution in [2.75, 3.05) is 6.54 Å². The zero-order valence-electron chi connectivity index (χ0n) is 10.1. The number of nitrogens with one attached hydrogen (secondary N) is 1. The van der Waals surface area contributed by atoms with Gasteiger partial charge >= 0.3 is 0 Å². The molecule has 0 amide bonds. The minimum absolute atomic E-state index is 0.236. The van der Waals surface area contributed by atoms with Crippen LogP contribution in [-0.4, -0.2) is 12.6 Å². The van der Waals surface area contributed by atoms with Gasteiger partial charge in [0, 0.05) is 12.6 Å². The van der Waals surface area contributed by atoms with Crippen molar-refractivity contribution in [2.24, 2.45) is 5.41 Å². The topological polar surface area (TPSA) is 35.8 Å². The third-order valence-electron chi connectivity index (χ3n) is 2.53. The van der Waals surface area contributed by atoms with E-state index in [0.29, 0.717) is 6.04 Å². The summed E-state index contributed by atoms with van der Waals surface area (Å²) < 4.78 is 0. The van der Waals surface area contributed by atoms with Gasteiger partial charge in [0.15, 0.2) is 0 Å². The molecule has 2 nitrogen and oxygen atoms in total. The summed E-state index contributed by atoms with van der Waals surface area (Å²) in [6.07, 6.45) is 4.91. The lowest BCUT2D eigenvalue weighted by Crippen LogP contribution is -2.36. The minimum Gasteiger partial charge on any atom is -0.312 e. The Morgan fingerprint density at radius 1 is 1.36 bits per heavy atom. The number of rotatable bonds is 7. The molecular weight excluding hydrogens is 172 g/mol.